The minimum absolute atomic E-state index is 0.246. The summed E-state index contributed by atoms with van der Waals surface area (Å²) in [6.07, 6.45) is 0.917. The molecule has 2 N–H and O–H groups in total. The molecular weight excluding hydrogens is 448 g/mol. The van der Waals surface area contributed by atoms with Crippen molar-refractivity contribution >= 4 is 11.9 Å². The van der Waals surface area contributed by atoms with Crippen LogP contribution >= 0.6 is 0 Å². The highest BCUT2D eigenvalue weighted by Gasteiger charge is 2.42. The minimum Gasteiger partial charge on any atom is -0.461 e. The van der Waals surface area contributed by atoms with E-state index < -0.39 is 23.1 Å². The average Bonchev–Trinajstić information content (AvgIpc) is 3.30. The number of likely N-dealkylation sites (N-methyl/N-ethyl adjacent to an activating group) is 1. The Labute approximate surface area is 205 Å². The van der Waals surface area contributed by atoms with Gasteiger partial charge in [-0.2, -0.15) is 5.10 Å². The number of ether oxygens (including phenoxy) is 1. The number of hydrogen-bond donors (Lipinski definition) is 2. The number of amides is 1. The second-order valence-corrected chi connectivity index (χ2v) is 9.82. The summed E-state index contributed by atoms with van der Waals surface area (Å²) < 4.78 is 7.01. The summed E-state index contributed by atoms with van der Waals surface area (Å²) in [5, 5.41) is 25.5. The molecule has 2 aliphatic heterocycles. The molecule has 0 radical (unpaired) electrons. The molecule has 1 saturated heterocycles. The molecule has 1 unspecified atom stereocenters. The number of hydrogen-bond acceptors (Lipinski definition) is 7. The third-order valence-electron chi connectivity index (χ3n) is 6.23. The molecule has 1 aromatic carbocycles. The number of aromatic nitrogens is 2. The van der Waals surface area contributed by atoms with Gasteiger partial charge in [0.15, 0.2) is 5.69 Å². The second kappa shape index (κ2) is 9.46. The van der Waals surface area contributed by atoms with Crippen molar-refractivity contribution in [2.24, 2.45) is 0 Å². The van der Waals surface area contributed by atoms with Gasteiger partial charge < -0.3 is 19.8 Å². The van der Waals surface area contributed by atoms with Crippen LogP contribution in [0.4, 0.5) is 0 Å². The van der Waals surface area contributed by atoms with Crippen LogP contribution in [0.25, 0.3) is 5.69 Å². The van der Waals surface area contributed by atoms with Crippen molar-refractivity contribution in [2.75, 3.05) is 33.3 Å². The van der Waals surface area contributed by atoms with Crippen LogP contribution in [0.3, 0.4) is 0 Å². The van der Waals surface area contributed by atoms with Crippen molar-refractivity contribution in [3.63, 3.8) is 0 Å². The normalized spacial score (nSPS) is 20.4. The highest BCUT2D eigenvalue weighted by molar-refractivity contribution is 5.90. The molecule has 2 aromatic rings. The predicted molar refractivity (Wildman–Crippen MR) is 129 cm³/mol. The van der Waals surface area contributed by atoms with Crippen molar-refractivity contribution < 1.29 is 24.5 Å². The molecule has 35 heavy (non-hydrogen) atoms. The molecule has 0 saturated carbocycles. The zero-order valence-corrected chi connectivity index (χ0v) is 20.7. The lowest BCUT2D eigenvalue weighted by molar-refractivity contribution is -0.137. The first-order valence-electron chi connectivity index (χ1n) is 11.8. The SMILES string of the molecule is CCOC(=O)c1nn(-c2cccc(C#CC3(O)CCN(C)C3=O)c2)c2c1CN(CC(C)(C)O)CC2. The van der Waals surface area contributed by atoms with Crippen molar-refractivity contribution in [2.45, 2.75) is 51.4 Å². The zero-order valence-electron chi connectivity index (χ0n) is 20.7. The number of nitrogens with zero attached hydrogens (tertiary/aromatic N) is 4. The van der Waals surface area contributed by atoms with Crippen LogP contribution in [0.1, 0.15) is 54.5 Å². The Bertz CT molecular complexity index is 1200. The Kier molecular flexibility index (Phi) is 6.73. The van der Waals surface area contributed by atoms with E-state index in [1.807, 2.05) is 18.2 Å². The lowest BCUT2D eigenvalue weighted by Gasteiger charge is -2.32. The van der Waals surface area contributed by atoms with Gasteiger partial charge >= 0.3 is 5.97 Å². The van der Waals surface area contributed by atoms with E-state index in [2.05, 4.69) is 21.8 Å². The van der Waals surface area contributed by atoms with Crippen molar-refractivity contribution in [1.82, 2.24) is 19.6 Å². The third-order valence-corrected chi connectivity index (χ3v) is 6.23. The van der Waals surface area contributed by atoms with Gasteiger partial charge in [-0.05, 0) is 39.0 Å². The molecule has 1 atom stereocenters. The quantitative estimate of drug-likeness (QED) is 0.488. The van der Waals surface area contributed by atoms with Crippen LogP contribution in [-0.4, -0.2) is 86.2 Å². The maximum atomic E-state index is 12.7. The number of carbonyl (C=O) groups excluding carboxylic acids is 2. The van der Waals surface area contributed by atoms with Crippen LogP contribution in [-0.2, 0) is 22.5 Å². The highest BCUT2D eigenvalue weighted by Crippen LogP contribution is 2.27. The Morgan fingerprint density at radius 1 is 1.31 bits per heavy atom. The zero-order chi connectivity index (χ0) is 25.4. The topological polar surface area (TPSA) is 108 Å². The summed E-state index contributed by atoms with van der Waals surface area (Å²) in [6, 6.07) is 7.33. The van der Waals surface area contributed by atoms with Gasteiger partial charge in [-0.15, -0.1) is 0 Å². The summed E-state index contributed by atoms with van der Waals surface area (Å²) >= 11 is 0. The fourth-order valence-corrected chi connectivity index (χ4v) is 4.59. The molecule has 0 bridgehead atoms. The first-order chi connectivity index (χ1) is 16.5. The van der Waals surface area contributed by atoms with Crippen LogP contribution in [0.2, 0.25) is 0 Å². The molecule has 9 nitrogen and oxygen atoms in total. The van der Waals surface area contributed by atoms with Gasteiger partial charge in [0.1, 0.15) is 0 Å². The summed E-state index contributed by atoms with van der Waals surface area (Å²) in [6.45, 7) is 7.66. The fourth-order valence-electron chi connectivity index (χ4n) is 4.59. The second-order valence-electron chi connectivity index (χ2n) is 9.82. The monoisotopic (exact) mass is 480 g/mol. The van der Waals surface area contributed by atoms with Crippen molar-refractivity contribution in [1.29, 1.82) is 0 Å². The van der Waals surface area contributed by atoms with E-state index in [1.54, 1.807) is 38.6 Å². The van der Waals surface area contributed by atoms with Crippen molar-refractivity contribution in [3.8, 4) is 17.5 Å². The van der Waals surface area contributed by atoms with E-state index in [4.69, 9.17) is 4.74 Å². The van der Waals surface area contributed by atoms with Crippen LogP contribution < -0.4 is 0 Å². The van der Waals surface area contributed by atoms with Gasteiger partial charge in [-0.3, -0.25) is 9.69 Å². The van der Waals surface area contributed by atoms with E-state index in [0.717, 1.165) is 16.9 Å². The fraction of sp³-hybridized carbons (Fsp3) is 0.500. The Morgan fingerprint density at radius 3 is 2.74 bits per heavy atom. The van der Waals surface area contributed by atoms with E-state index >= 15 is 0 Å². The van der Waals surface area contributed by atoms with E-state index in [1.165, 1.54) is 4.90 Å². The summed E-state index contributed by atoms with van der Waals surface area (Å²) in [5.74, 6) is 4.81. The van der Waals surface area contributed by atoms with Gasteiger partial charge in [0, 0.05) is 57.2 Å². The molecule has 0 spiro atoms. The summed E-state index contributed by atoms with van der Waals surface area (Å²) in [7, 11) is 1.65. The molecular formula is C26H32N4O5. The number of esters is 1. The molecule has 3 heterocycles. The molecule has 1 amide bonds. The Hall–Kier alpha value is -3.19. The van der Waals surface area contributed by atoms with Gasteiger partial charge in [0.2, 0.25) is 5.60 Å². The number of benzene rings is 1. The highest BCUT2D eigenvalue weighted by atomic mass is 16.5. The largest absolute Gasteiger partial charge is 0.461 e. The van der Waals surface area contributed by atoms with Crippen molar-refractivity contribution in [3.05, 3.63) is 46.8 Å². The predicted octanol–water partition coefficient (Wildman–Crippen LogP) is 1.12. The minimum atomic E-state index is -1.67. The number of carbonyl (C=O) groups is 2. The maximum Gasteiger partial charge on any atom is 0.359 e. The van der Waals surface area contributed by atoms with E-state index in [9.17, 15) is 19.8 Å². The molecule has 1 aromatic heterocycles. The molecule has 9 heteroatoms. The van der Waals surface area contributed by atoms with Gasteiger partial charge in [0.05, 0.1) is 23.6 Å². The number of aliphatic hydroxyl groups is 2. The third kappa shape index (κ3) is 5.25. The van der Waals surface area contributed by atoms with E-state index in [-0.39, 0.29) is 18.7 Å². The lowest BCUT2D eigenvalue weighted by atomic mass is 10.0. The first-order valence-corrected chi connectivity index (χ1v) is 11.8. The molecule has 186 valence electrons. The number of likely N-dealkylation sites (tertiary alicyclic amines) is 1. The number of fused-ring (bicyclic) bond motifs is 1. The van der Waals surface area contributed by atoms with Crippen LogP contribution in [0.15, 0.2) is 24.3 Å². The maximum absolute atomic E-state index is 12.7. The average molecular weight is 481 g/mol. The van der Waals surface area contributed by atoms with Gasteiger partial charge in [0.25, 0.3) is 5.91 Å². The van der Waals surface area contributed by atoms with Crippen LogP contribution in [0.5, 0.6) is 0 Å². The first kappa shape index (κ1) is 24.9. The lowest BCUT2D eigenvalue weighted by Crippen LogP contribution is -2.41. The molecule has 1 fully saturated rings. The molecule has 4 rings (SSSR count). The molecule has 0 aliphatic carbocycles. The number of rotatable bonds is 5. The van der Waals surface area contributed by atoms with Crippen LogP contribution in [0, 0.1) is 11.8 Å². The van der Waals surface area contributed by atoms with Gasteiger partial charge in [-0.25, -0.2) is 9.48 Å². The van der Waals surface area contributed by atoms with E-state index in [0.29, 0.717) is 38.2 Å². The Morgan fingerprint density at radius 2 is 2.09 bits per heavy atom. The van der Waals surface area contributed by atoms with Gasteiger partial charge in [-0.1, -0.05) is 17.9 Å². The standard InChI is InChI=1S/C26H32N4O5/c1-5-35-23(31)22-20-16-29(17-25(2,3)33)13-10-21(20)30(27-22)19-8-6-7-18(15-19)9-11-26(34)12-14-28(4)24(26)32/h6-8,15,33-34H,5,10,12-14,16-17H2,1-4H3. The smallest absolute Gasteiger partial charge is 0.359 e. The summed E-state index contributed by atoms with van der Waals surface area (Å²) in [4.78, 5) is 28.5. The molecule has 2 aliphatic rings. The summed E-state index contributed by atoms with van der Waals surface area (Å²) in [5.41, 5.74) is 0.801. The number of β-amino-alcohol motifs (C(OH)–C–C–N with tert-alkyl or cyclic N) is 1. The Balaban J connectivity index is 1.69.